The summed E-state index contributed by atoms with van der Waals surface area (Å²) in [6, 6.07) is 16.6. The summed E-state index contributed by atoms with van der Waals surface area (Å²) in [6.07, 6.45) is 0.472. The lowest BCUT2D eigenvalue weighted by Crippen LogP contribution is -2.36. The first kappa shape index (κ1) is 42.0. The molecule has 59 heavy (non-hydrogen) atoms. The molecule has 2 aliphatic rings. The van der Waals surface area contributed by atoms with Crippen molar-refractivity contribution in [3.05, 3.63) is 100.0 Å². The van der Waals surface area contributed by atoms with Crippen LogP contribution in [0, 0.1) is 11.7 Å². The van der Waals surface area contributed by atoms with Crippen LogP contribution in [0.3, 0.4) is 0 Å². The van der Waals surface area contributed by atoms with E-state index in [1.54, 1.807) is 36.5 Å². The smallest absolute Gasteiger partial charge is 0.416 e. The van der Waals surface area contributed by atoms with Crippen molar-refractivity contribution >= 4 is 34.4 Å². The second kappa shape index (κ2) is 17.6. The highest BCUT2D eigenvalue weighted by atomic mass is 35.5. The van der Waals surface area contributed by atoms with Crippen LogP contribution < -0.4 is 20.1 Å². The Kier molecular flexibility index (Phi) is 12.5. The molecule has 1 atom stereocenters. The Morgan fingerprint density at radius 2 is 1.69 bits per heavy atom. The van der Waals surface area contributed by atoms with Crippen LogP contribution in [-0.2, 0) is 35.4 Å². The van der Waals surface area contributed by atoms with Crippen molar-refractivity contribution in [3.8, 4) is 33.8 Å². The van der Waals surface area contributed by atoms with Crippen molar-refractivity contribution in [2.75, 3.05) is 27.8 Å². The highest BCUT2D eigenvalue weighted by Gasteiger charge is 2.36. The molecule has 0 radical (unpaired) electrons. The number of amides is 1. The van der Waals surface area contributed by atoms with Gasteiger partial charge in [0.05, 0.1) is 49.0 Å². The molecule has 1 aliphatic heterocycles. The fraction of sp³-hybridized carbons (Fsp3) is 0.386. The summed E-state index contributed by atoms with van der Waals surface area (Å²) in [5.41, 5.74) is 2.87. The van der Waals surface area contributed by atoms with Gasteiger partial charge in [-0.05, 0) is 86.2 Å². The van der Waals surface area contributed by atoms with Crippen molar-refractivity contribution in [1.29, 1.82) is 0 Å². The van der Waals surface area contributed by atoms with Gasteiger partial charge < -0.3 is 25.2 Å². The summed E-state index contributed by atoms with van der Waals surface area (Å²) >= 11 is 7.09. The SMILES string of the molecule is COc1cc(Cn2ncc3c(-c4cccc(-c5cc(F)c(CNC[C@@H]6CCC(=O)N6)c(OC)c5)c4Cl)cccc32)c(C(F)(F)F)cc1CN(C)[C@H]1CC[C@H](C(=O)O)CC1. The molecular weight excluding hydrogens is 790 g/mol. The number of carbonyl (C=O) groups is 2. The lowest BCUT2D eigenvalue weighted by Gasteiger charge is -2.34. The molecule has 3 N–H and O–H groups in total. The van der Waals surface area contributed by atoms with Gasteiger partial charge in [-0.1, -0.05) is 41.9 Å². The number of alkyl halides is 3. The minimum atomic E-state index is -4.66. The number of methoxy groups -OCH3 is 2. The van der Waals surface area contributed by atoms with Gasteiger partial charge in [0.25, 0.3) is 0 Å². The molecule has 2 heterocycles. The van der Waals surface area contributed by atoms with E-state index < -0.39 is 29.4 Å². The van der Waals surface area contributed by atoms with Crippen molar-refractivity contribution in [2.24, 2.45) is 5.92 Å². The van der Waals surface area contributed by atoms with Crippen LogP contribution in [-0.4, -0.2) is 71.6 Å². The first-order valence-electron chi connectivity index (χ1n) is 19.6. The minimum absolute atomic E-state index is 0.00666. The number of ether oxygens (including phenoxy) is 2. The molecule has 1 amide bonds. The van der Waals surface area contributed by atoms with E-state index in [2.05, 4.69) is 15.7 Å². The number of carbonyl (C=O) groups excluding carboxylic acids is 1. The Labute approximate surface area is 344 Å². The number of nitrogens with zero attached hydrogens (tertiary/aromatic N) is 3. The van der Waals surface area contributed by atoms with Gasteiger partial charge in [0.1, 0.15) is 17.3 Å². The predicted octanol–water partition coefficient (Wildman–Crippen LogP) is 8.69. The summed E-state index contributed by atoms with van der Waals surface area (Å²) in [6.45, 7) is 0.690. The molecule has 2 fully saturated rings. The number of hydrogen-bond acceptors (Lipinski definition) is 7. The number of benzene rings is 4. The number of aromatic nitrogens is 2. The second-order valence-electron chi connectivity index (χ2n) is 15.4. The number of fused-ring (bicyclic) bond motifs is 1. The van der Waals surface area contributed by atoms with E-state index in [0.717, 1.165) is 12.5 Å². The third kappa shape index (κ3) is 9.04. The molecule has 7 rings (SSSR count). The van der Waals surface area contributed by atoms with E-state index >= 15 is 4.39 Å². The van der Waals surface area contributed by atoms with Gasteiger partial charge in [0, 0.05) is 65.8 Å². The first-order chi connectivity index (χ1) is 28.2. The van der Waals surface area contributed by atoms with E-state index in [4.69, 9.17) is 21.1 Å². The van der Waals surface area contributed by atoms with Crippen molar-refractivity contribution in [1.82, 2.24) is 25.3 Å². The summed E-state index contributed by atoms with van der Waals surface area (Å²) in [5, 5.41) is 21.0. The average molecular weight is 836 g/mol. The summed E-state index contributed by atoms with van der Waals surface area (Å²) in [4.78, 5) is 25.0. The number of carboxylic acid groups (broad SMARTS) is 1. The Balaban J connectivity index is 1.15. The molecule has 0 bridgehead atoms. The largest absolute Gasteiger partial charge is 0.496 e. The third-order valence-electron chi connectivity index (χ3n) is 11.7. The number of carboxylic acids is 1. The molecule has 1 aromatic heterocycles. The molecule has 1 aliphatic carbocycles. The Morgan fingerprint density at radius 1 is 0.983 bits per heavy atom. The lowest BCUT2D eigenvalue weighted by molar-refractivity contribution is -0.143. The van der Waals surface area contributed by atoms with Crippen LogP contribution in [0.4, 0.5) is 17.6 Å². The Morgan fingerprint density at radius 3 is 2.37 bits per heavy atom. The second-order valence-corrected chi connectivity index (χ2v) is 15.7. The lowest BCUT2D eigenvalue weighted by atomic mass is 9.85. The predicted molar refractivity (Wildman–Crippen MR) is 217 cm³/mol. The van der Waals surface area contributed by atoms with Crippen LogP contribution in [0.1, 0.15) is 60.8 Å². The van der Waals surface area contributed by atoms with Crippen molar-refractivity contribution in [2.45, 2.75) is 76.4 Å². The van der Waals surface area contributed by atoms with Crippen LogP contribution >= 0.6 is 11.6 Å². The molecular formula is C44H46ClF4N5O5. The highest BCUT2D eigenvalue weighted by Crippen LogP contribution is 2.42. The number of halogens is 5. The third-order valence-corrected chi connectivity index (χ3v) is 12.1. The van der Waals surface area contributed by atoms with Gasteiger partial charge in [-0.25, -0.2) is 4.39 Å². The van der Waals surface area contributed by atoms with Gasteiger partial charge in [-0.2, -0.15) is 18.3 Å². The summed E-state index contributed by atoms with van der Waals surface area (Å²) in [7, 11) is 4.74. The van der Waals surface area contributed by atoms with E-state index in [1.165, 1.54) is 31.0 Å². The Hall–Kier alpha value is -5.18. The van der Waals surface area contributed by atoms with Gasteiger partial charge in [0.15, 0.2) is 0 Å². The normalized spacial score (nSPS) is 18.4. The zero-order chi connectivity index (χ0) is 42.0. The highest BCUT2D eigenvalue weighted by molar-refractivity contribution is 6.36. The summed E-state index contributed by atoms with van der Waals surface area (Å²) in [5.74, 6) is -1.03. The van der Waals surface area contributed by atoms with Gasteiger partial charge in [0.2, 0.25) is 5.91 Å². The monoisotopic (exact) mass is 835 g/mol. The molecule has 15 heteroatoms. The van der Waals surface area contributed by atoms with Crippen LogP contribution in [0.5, 0.6) is 11.5 Å². The molecule has 10 nitrogen and oxygen atoms in total. The zero-order valence-electron chi connectivity index (χ0n) is 33.0. The van der Waals surface area contributed by atoms with Gasteiger partial charge in [-0.3, -0.25) is 19.2 Å². The fourth-order valence-electron chi connectivity index (χ4n) is 8.45. The number of hydrogen-bond donors (Lipinski definition) is 3. The maximum Gasteiger partial charge on any atom is 0.416 e. The van der Waals surface area contributed by atoms with E-state index in [0.29, 0.717) is 99.5 Å². The first-order valence-corrected chi connectivity index (χ1v) is 19.9. The maximum atomic E-state index is 15.7. The molecule has 0 spiro atoms. The topological polar surface area (TPSA) is 118 Å². The van der Waals surface area contributed by atoms with E-state index in [-0.39, 0.29) is 43.2 Å². The Bertz CT molecular complexity index is 2360. The molecule has 1 saturated carbocycles. The average Bonchev–Trinajstić information content (AvgIpc) is 3.83. The van der Waals surface area contributed by atoms with Crippen molar-refractivity contribution in [3.63, 3.8) is 0 Å². The van der Waals surface area contributed by atoms with Gasteiger partial charge >= 0.3 is 12.1 Å². The van der Waals surface area contributed by atoms with E-state index in [1.807, 2.05) is 24.1 Å². The number of rotatable bonds is 14. The zero-order valence-corrected chi connectivity index (χ0v) is 33.7. The molecule has 312 valence electrons. The maximum absolute atomic E-state index is 15.7. The minimum Gasteiger partial charge on any atom is -0.496 e. The van der Waals surface area contributed by atoms with Crippen LogP contribution in [0.15, 0.2) is 66.9 Å². The fourth-order valence-corrected chi connectivity index (χ4v) is 8.78. The van der Waals surface area contributed by atoms with Gasteiger partial charge in [-0.15, -0.1) is 0 Å². The number of aliphatic carboxylic acids is 1. The standard InChI is InChI=1S/C44H46ClF4N5O5/c1-53(30-13-10-25(11-14-30)43(56)57)23-28-16-36(44(47,48)49)27(19-39(28)58-2)24-54-38-9-5-7-32(34(38)22-51-54)33-8-4-6-31(42(33)45)26-17-37(46)35(40(18-26)59-3)21-50-20-29-12-15-41(55)52-29/h4-9,16-19,22,25,29-30,50H,10-15,20-21,23-24H2,1-3H3,(H,52,55)(H,56,57)/t25-,29-,30-/m0/s1. The molecule has 5 aromatic rings. The quantitative estimate of drug-likeness (QED) is 0.0952. The van der Waals surface area contributed by atoms with Crippen molar-refractivity contribution < 1.29 is 41.7 Å². The molecule has 1 saturated heterocycles. The molecule has 4 aromatic carbocycles. The molecule has 0 unspecified atom stereocenters. The number of nitrogens with one attached hydrogen (secondary N) is 2. The van der Waals surface area contributed by atoms with Crippen LogP contribution in [0.2, 0.25) is 5.02 Å². The summed E-state index contributed by atoms with van der Waals surface area (Å²) < 4.78 is 72.7. The van der Waals surface area contributed by atoms with Crippen LogP contribution in [0.25, 0.3) is 33.2 Å². The van der Waals surface area contributed by atoms with E-state index in [9.17, 15) is 27.9 Å².